The topological polar surface area (TPSA) is 119 Å². The average molecular weight is 775 g/mol. The first-order valence-corrected chi connectivity index (χ1v) is 22.4. The minimum atomic E-state index is -4.78. The third kappa shape index (κ3) is 42.0. The van der Waals surface area contributed by atoms with Gasteiger partial charge in [-0.15, -0.1) is 0 Å². The van der Waals surface area contributed by atoms with Crippen LogP contribution >= 0.6 is 7.82 Å². The van der Waals surface area contributed by atoms with E-state index in [-0.39, 0.29) is 19.4 Å². The molecule has 0 heterocycles. The van der Waals surface area contributed by atoms with Gasteiger partial charge in [-0.1, -0.05) is 157 Å². The number of hydrogen-bond donors (Lipinski definition) is 2. The van der Waals surface area contributed by atoms with Gasteiger partial charge in [-0.05, 0) is 83.5 Å². The fraction of sp³-hybridized carbons (Fsp3) is 0.644. The van der Waals surface area contributed by atoms with Crippen LogP contribution in [0.1, 0.15) is 168 Å². The molecular formula is C45H75O8P. The molecule has 0 saturated carbocycles. The molecule has 0 spiro atoms. The number of esters is 2. The van der Waals surface area contributed by atoms with Crippen LogP contribution in [0.2, 0.25) is 0 Å². The lowest BCUT2D eigenvalue weighted by Crippen LogP contribution is -2.29. The molecule has 0 rings (SSSR count). The van der Waals surface area contributed by atoms with Crippen LogP contribution in [0.15, 0.2) is 85.1 Å². The zero-order valence-electron chi connectivity index (χ0n) is 33.8. The summed E-state index contributed by atoms with van der Waals surface area (Å²) in [5, 5.41) is 0. The van der Waals surface area contributed by atoms with Crippen molar-refractivity contribution in [3.63, 3.8) is 0 Å². The maximum atomic E-state index is 12.4. The molecule has 54 heavy (non-hydrogen) atoms. The summed E-state index contributed by atoms with van der Waals surface area (Å²) in [5.74, 6) is -0.997. The number of allylic oxidation sites excluding steroid dienone is 14. The molecule has 0 aliphatic heterocycles. The lowest BCUT2D eigenvalue weighted by atomic mass is 10.1. The molecule has 0 aromatic carbocycles. The summed E-state index contributed by atoms with van der Waals surface area (Å²) >= 11 is 0. The fourth-order valence-electron chi connectivity index (χ4n) is 5.27. The van der Waals surface area contributed by atoms with Crippen LogP contribution < -0.4 is 0 Å². The number of rotatable bonds is 37. The quantitative estimate of drug-likeness (QED) is 0.0277. The van der Waals surface area contributed by atoms with Crippen molar-refractivity contribution in [1.29, 1.82) is 0 Å². The molecule has 8 nitrogen and oxygen atoms in total. The van der Waals surface area contributed by atoms with Gasteiger partial charge in [0.05, 0.1) is 6.61 Å². The highest BCUT2D eigenvalue weighted by Crippen LogP contribution is 2.36. The van der Waals surface area contributed by atoms with Crippen LogP contribution in [0.5, 0.6) is 0 Å². The molecule has 0 aliphatic carbocycles. The van der Waals surface area contributed by atoms with E-state index in [1.807, 2.05) is 12.2 Å². The van der Waals surface area contributed by atoms with Gasteiger partial charge >= 0.3 is 19.8 Å². The Kier molecular flexibility index (Phi) is 37.9. The Balaban J connectivity index is 4.09. The Morgan fingerprint density at radius 2 is 0.870 bits per heavy atom. The zero-order valence-corrected chi connectivity index (χ0v) is 34.7. The Hall–Kier alpha value is -2.77. The van der Waals surface area contributed by atoms with Crippen LogP contribution in [0.4, 0.5) is 0 Å². The van der Waals surface area contributed by atoms with Crippen molar-refractivity contribution in [3.05, 3.63) is 85.1 Å². The smallest absolute Gasteiger partial charge is 0.462 e. The first-order chi connectivity index (χ1) is 26.3. The molecule has 308 valence electrons. The van der Waals surface area contributed by atoms with E-state index in [1.165, 1.54) is 70.6 Å². The molecule has 0 aliphatic rings. The van der Waals surface area contributed by atoms with Gasteiger partial charge in [0.25, 0.3) is 0 Å². The predicted molar refractivity (Wildman–Crippen MR) is 225 cm³/mol. The highest BCUT2D eigenvalue weighted by Gasteiger charge is 2.22. The molecule has 0 amide bonds. The molecule has 0 aromatic rings. The monoisotopic (exact) mass is 775 g/mol. The van der Waals surface area contributed by atoms with Gasteiger partial charge in [0.15, 0.2) is 6.10 Å². The molecule has 2 N–H and O–H groups in total. The Labute approximate surface area is 329 Å². The van der Waals surface area contributed by atoms with Gasteiger partial charge in [0, 0.05) is 12.8 Å². The SMILES string of the molecule is CCCCC/C=C/C/C=C/C/C=C/C/C=C/C/C=C/CCC(=O)O[C@H](COC(=O)CCCCCCCCC/C=C/C/C=C/CCCCC)COP(=O)(O)O. The van der Waals surface area contributed by atoms with Crippen molar-refractivity contribution in [2.75, 3.05) is 13.2 Å². The number of unbranched alkanes of at least 4 members (excludes halogenated alkanes) is 13. The lowest BCUT2D eigenvalue weighted by Gasteiger charge is -2.18. The van der Waals surface area contributed by atoms with Gasteiger partial charge in [0.2, 0.25) is 0 Å². The summed E-state index contributed by atoms with van der Waals surface area (Å²) in [7, 11) is -4.78. The summed E-state index contributed by atoms with van der Waals surface area (Å²) in [6, 6.07) is 0. The number of hydrogen-bond acceptors (Lipinski definition) is 6. The molecule has 1 atom stereocenters. The Bertz CT molecular complexity index is 1140. The van der Waals surface area contributed by atoms with E-state index in [9.17, 15) is 14.2 Å². The molecule has 0 unspecified atom stereocenters. The van der Waals surface area contributed by atoms with Gasteiger partial charge in [-0.3, -0.25) is 14.1 Å². The van der Waals surface area contributed by atoms with Crippen molar-refractivity contribution >= 4 is 19.8 Å². The summed E-state index contributed by atoms with van der Waals surface area (Å²) in [6.45, 7) is 3.55. The lowest BCUT2D eigenvalue weighted by molar-refractivity contribution is -0.161. The summed E-state index contributed by atoms with van der Waals surface area (Å²) in [5.41, 5.74) is 0. The van der Waals surface area contributed by atoms with E-state index in [1.54, 1.807) is 0 Å². The second-order valence-corrected chi connectivity index (χ2v) is 14.8. The summed E-state index contributed by atoms with van der Waals surface area (Å²) < 4.78 is 26.3. The summed E-state index contributed by atoms with van der Waals surface area (Å²) in [6.07, 6.45) is 53.1. The minimum Gasteiger partial charge on any atom is -0.462 e. The van der Waals surface area contributed by atoms with Crippen molar-refractivity contribution in [2.24, 2.45) is 0 Å². The van der Waals surface area contributed by atoms with Gasteiger partial charge in [0.1, 0.15) is 6.61 Å². The second-order valence-electron chi connectivity index (χ2n) is 13.6. The van der Waals surface area contributed by atoms with E-state index in [0.717, 1.165) is 57.8 Å². The molecular weight excluding hydrogens is 699 g/mol. The van der Waals surface area contributed by atoms with Gasteiger partial charge in [-0.2, -0.15) is 0 Å². The number of carbonyl (C=O) groups is 2. The van der Waals surface area contributed by atoms with Crippen LogP contribution in [0.3, 0.4) is 0 Å². The van der Waals surface area contributed by atoms with E-state index >= 15 is 0 Å². The van der Waals surface area contributed by atoms with E-state index in [2.05, 4.69) is 91.3 Å². The van der Waals surface area contributed by atoms with E-state index in [0.29, 0.717) is 12.8 Å². The number of phosphoric ester groups is 1. The van der Waals surface area contributed by atoms with Crippen molar-refractivity contribution < 1.29 is 37.9 Å². The number of phosphoric acid groups is 1. The van der Waals surface area contributed by atoms with Crippen LogP contribution in [-0.4, -0.2) is 41.0 Å². The number of carbonyl (C=O) groups excluding carboxylic acids is 2. The highest BCUT2D eigenvalue weighted by molar-refractivity contribution is 7.46. The van der Waals surface area contributed by atoms with Gasteiger partial charge in [-0.25, -0.2) is 4.57 Å². The average Bonchev–Trinajstić information content (AvgIpc) is 3.14. The third-order valence-corrected chi connectivity index (χ3v) is 8.89. The molecule has 0 fully saturated rings. The van der Waals surface area contributed by atoms with E-state index in [4.69, 9.17) is 19.3 Å². The standard InChI is InChI=1S/C45H75O8P/c1-3-5-7-9-11-13-15-17-19-21-22-24-26-28-30-32-34-36-38-40-45(47)53-43(42-52-54(48,49)50)41-51-44(46)39-37-35-33-31-29-27-25-23-20-18-16-14-12-10-8-6-4-2/h11-14,17-20,22,24,28,30,34,36,43H,3-10,15-16,21,23,25-27,29,31-33,35,37-42H2,1-2H3,(H2,48,49,50)/b13-11+,14-12+,19-17+,20-18+,24-22+,30-28+,36-34+/t43-/m1/s1. The normalized spacial score (nSPS) is 13.3. The Morgan fingerprint density at radius 3 is 1.31 bits per heavy atom. The maximum absolute atomic E-state index is 12.4. The third-order valence-electron chi connectivity index (χ3n) is 8.40. The highest BCUT2D eigenvalue weighted by atomic mass is 31.2. The maximum Gasteiger partial charge on any atom is 0.469 e. The minimum absolute atomic E-state index is 0.0824. The second kappa shape index (κ2) is 39.9. The van der Waals surface area contributed by atoms with Crippen molar-refractivity contribution in [1.82, 2.24) is 0 Å². The largest absolute Gasteiger partial charge is 0.469 e. The summed E-state index contributed by atoms with van der Waals surface area (Å²) in [4.78, 5) is 42.8. The molecule has 0 radical (unpaired) electrons. The van der Waals surface area contributed by atoms with Crippen LogP contribution in [-0.2, 0) is 28.2 Å². The molecule has 0 aromatic heterocycles. The zero-order chi connectivity index (χ0) is 39.6. The van der Waals surface area contributed by atoms with E-state index < -0.39 is 32.5 Å². The van der Waals surface area contributed by atoms with Gasteiger partial charge < -0.3 is 19.3 Å². The predicted octanol–water partition coefficient (Wildman–Crippen LogP) is 12.8. The first-order valence-electron chi connectivity index (χ1n) is 20.9. The first kappa shape index (κ1) is 51.2. The molecule has 0 bridgehead atoms. The van der Waals surface area contributed by atoms with Crippen molar-refractivity contribution in [2.45, 2.75) is 174 Å². The Morgan fingerprint density at radius 1 is 0.481 bits per heavy atom. The number of ether oxygens (including phenoxy) is 2. The van der Waals surface area contributed by atoms with Crippen LogP contribution in [0.25, 0.3) is 0 Å². The molecule has 9 heteroatoms. The van der Waals surface area contributed by atoms with Crippen LogP contribution in [0, 0.1) is 0 Å². The van der Waals surface area contributed by atoms with Crippen molar-refractivity contribution in [3.8, 4) is 0 Å². The fourth-order valence-corrected chi connectivity index (χ4v) is 5.63. The molecule has 0 saturated heterocycles.